The maximum Gasteiger partial charge on any atom is 0.255 e. The van der Waals surface area contributed by atoms with Crippen molar-refractivity contribution in [2.75, 3.05) is 19.6 Å². The van der Waals surface area contributed by atoms with E-state index in [1.54, 1.807) is 4.90 Å². The fourth-order valence-electron chi connectivity index (χ4n) is 3.99. The van der Waals surface area contributed by atoms with Gasteiger partial charge in [0, 0.05) is 44.2 Å². The van der Waals surface area contributed by atoms with Gasteiger partial charge in [-0.05, 0) is 30.2 Å². The highest BCUT2D eigenvalue weighted by molar-refractivity contribution is 6.05. The zero-order chi connectivity index (χ0) is 18.3. The van der Waals surface area contributed by atoms with Gasteiger partial charge in [-0.15, -0.1) is 0 Å². The summed E-state index contributed by atoms with van der Waals surface area (Å²) in [6, 6.07) is 6.01. The van der Waals surface area contributed by atoms with E-state index in [9.17, 15) is 14.4 Å². The highest BCUT2D eigenvalue weighted by Gasteiger charge is 2.39. The summed E-state index contributed by atoms with van der Waals surface area (Å²) in [7, 11) is 0. The lowest BCUT2D eigenvalue weighted by molar-refractivity contribution is -0.136. The molecule has 0 spiro atoms. The Bertz CT molecular complexity index is 759. The minimum absolute atomic E-state index is 0.114. The molecule has 7 nitrogen and oxygen atoms in total. The zero-order valence-electron chi connectivity index (χ0n) is 15.0. The van der Waals surface area contributed by atoms with Gasteiger partial charge in [0.2, 0.25) is 11.8 Å². The van der Waals surface area contributed by atoms with Crippen LogP contribution in [0, 0.1) is 0 Å². The third-order valence-electron chi connectivity index (χ3n) is 5.66. The van der Waals surface area contributed by atoms with E-state index in [0.29, 0.717) is 24.6 Å². The summed E-state index contributed by atoms with van der Waals surface area (Å²) in [6.45, 7) is 6.51. The molecule has 0 bridgehead atoms. The van der Waals surface area contributed by atoms with E-state index in [-0.39, 0.29) is 24.1 Å². The van der Waals surface area contributed by atoms with Gasteiger partial charge in [0.1, 0.15) is 6.04 Å². The topological polar surface area (TPSA) is 81.8 Å². The third-order valence-corrected chi connectivity index (χ3v) is 5.66. The molecule has 1 unspecified atom stereocenters. The number of carbonyl (C=O) groups is 3. The van der Waals surface area contributed by atoms with Gasteiger partial charge in [-0.1, -0.05) is 19.1 Å². The van der Waals surface area contributed by atoms with Crippen molar-refractivity contribution in [2.24, 2.45) is 0 Å². The van der Waals surface area contributed by atoms with Crippen molar-refractivity contribution in [1.82, 2.24) is 20.4 Å². The monoisotopic (exact) mass is 356 g/mol. The standard InChI is InChI=1S/C19H24N4O3/c1-2-22(14-8-20-9-14)10-12-3-4-15-13(7-12)11-23(19(15)26)16-5-6-17(24)21-18(16)25/h3-4,7,14,16,20H,2,5-6,8-11H2,1H3,(H,21,24,25). The van der Waals surface area contributed by atoms with Crippen molar-refractivity contribution in [2.45, 2.75) is 44.9 Å². The van der Waals surface area contributed by atoms with E-state index >= 15 is 0 Å². The number of rotatable bonds is 5. The normalized spacial score (nSPS) is 23.2. The first-order valence-electron chi connectivity index (χ1n) is 9.28. The number of nitrogens with zero attached hydrogens (tertiary/aromatic N) is 2. The molecule has 1 aromatic carbocycles. The molecule has 138 valence electrons. The van der Waals surface area contributed by atoms with Crippen LogP contribution in [0.1, 0.15) is 41.3 Å². The van der Waals surface area contributed by atoms with Crippen LogP contribution in [0.5, 0.6) is 0 Å². The second-order valence-corrected chi connectivity index (χ2v) is 7.27. The van der Waals surface area contributed by atoms with Crippen LogP contribution >= 0.6 is 0 Å². The first-order chi connectivity index (χ1) is 12.6. The number of hydrogen-bond acceptors (Lipinski definition) is 5. The molecule has 3 aliphatic rings. The smallest absolute Gasteiger partial charge is 0.255 e. The molecule has 0 aromatic heterocycles. The summed E-state index contributed by atoms with van der Waals surface area (Å²) < 4.78 is 0. The number of benzene rings is 1. The van der Waals surface area contributed by atoms with Crippen LogP contribution in [-0.2, 0) is 22.7 Å². The van der Waals surface area contributed by atoms with Crippen molar-refractivity contribution in [3.63, 3.8) is 0 Å². The van der Waals surface area contributed by atoms with Gasteiger partial charge in [-0.3, -0.25) is 24.6 Å². The number of fused-ring (bicyclic) bond motifs is 1. The Morgan fingerprint density at radius 3 is 2.69 bits per heavy atom. The van der Waals surface area contributed by atoms with Gasteiger partial charge in [-0.2, -0.15) is 0 Å². The van der Waals surface area contributed by atoms with Crippen molar-refractivity contribution in [3.05, 3.63) is 34.9 Å². The Morgan fingerprint density at radius 2 is 2.04 bits per heavy atom. The van der Waals surface area contributed by atoms with Crippen LogP contribution in [0.15, 0.2) is 18.2 Å². The molecule has 3 amide bonds. The van der Waals surface area contributed by atoms with Crippen LogP contribution in [0.4, 0.5) is 0 Å². The number of imide groups is 1. The SMILES string of the molecule is CCN(Cc1ccc2c(c1)CN(C1CCC(=O)NC1=O)C2=O)C1CNC1. The Labute approximate surface area is 152 Å². The summed E-state index contributed by atoms with van der Waals surface area (Å²) >= 11 is 0. The number of nitrogens with one attached hydrogen (secondary N) is 2. The van der Waals surface area contributed by atoms with Crippen molar-refractivity contribution in [3.8, 4) is 0 Å². The lowest BCUT2D eigenvalue weighted by atomic mass is 10.0. The van der Waals surface area contributed by atoms with Crippen LogP contribution in [-0.4, -0.2) is 59.2 Å². The minimum atomic E-state index is -0.552. The highest BCUT2D eigenvalue weighted by atomic mass is 16.2. The number of hydrogen-bond donors (Lipinski definition) is 2. The Kier molecular flexibility index (Phi) is 4.50. The van der Waals surface area contributed by atoms with Crippen LogP contribution in [0.3, 0.4) is 0 Å². The summed E-state index contributed by atoms with van der Waals surface area (Å²) in [5.74, 6) is -0.739. The molecule has 26 heavy (non-hydrogen) atoms. The molecule has 1 atom stereocenters. The lowest BCUT2D eigenvalue weighted by Crippen LogP contribution is -2.56. The first kappa shape index (κ1) is 17.2. The van der Waals surface area contributed by atoms with Gasteiger partial charge in [0.05, 0.1) is 0 Å². The average molecular weight is 356 g/mol. The molecular formula is C19H24N4O3. The third kappa shape index (κ3) is 3.01. The average Bonchev–Trinajstić information content (AvgIpc) is 2.89. The van der Waals surface area contributed by atoms with E-state index < -0.39 is 6.04 Å². The molecule has 1 aromatic rings. The highest BCUT2D eigenvalue weighted by Crippen LogP contribution is 2.28. The molecule has 7 heteroatoms. The van der Waals surface area contributed by atoms with E-state index in [4.69, 9.17) is 0 Å². The van der Waals surface area contributed by atoms with E-state index in [0.717, 1.165) is 31.7 Å². The lowest BCUT2D eigenvalue weighted by Gasteiger charge is -2.37. The number of likely N-dealkylation sites (N-methyl/N-ethyl adjacent to an activating group) is 1. The molecule has 4 rings (SSSR count). The van der Waals surface area contributed by atoms with E-state index in [1.807, 2.05) is 12.1 Å². The maximum atomic E-state index is 12.7. The molecular weight excluding hydrogens is 332 g/mol. The van der Waals surface area contributed by atoms with E-state index in [1.165, 1.54) is 5.56 Å². The van der Waals surface area contributed by atoms with Crippen LogP contribution < -0.4 is 10.6 Å². The molecule has 0 saturated carbocycles. The molecule has 3 heterocycles. The Hall–Kier alpha value is -2.25. The fourth-order valence-corrected chi connectivity index (χ4v) is 3.99. The maximum absolute atomic E-state index is 12.7. The summed E-state index contributed by atoms with van der Waals surface area (Å²) in [6.07, 6.45) is 0.679. The van der Waals surface area contributed by atoms with Gasteiger partial charge >= 0.3 is 0 Å². The van der Waals surface area contributed by atoms with Crippen LogP contribution in [0.2, 0.25) is 0 Å². The quantitative estimate of drug-likeness (QED) is 0.739. The molecule has 0 aliphatic carbocycles. The number of piperidine rings is 1. The second kappa shape index (κ2) is 6.81. The summed E-state index contributed by atoms with van der Waals surface area (Å²) in [5.41, 5.74) is 2.84. The number of carbonyl (C=O) groups excluding carboxylic acids is 3. The van der Waals surface area contributed by atoms with Gasteiger partial charge in [-0.25, -0.2) is 0 Å². The summed E-state index contributed by atoms with van der Waals surface area (Å²) in [4.78, 5) is 40.2. The fraction of sp³-hybridized carbons (Fsp3) is 0.526. The van der Waals surface area contributed by atoms with Gasteiger partial charge in [0.25, 0.3) is 5.91 Å². The first-order valence-corrected chi connectivity index (χ1v) is 9.28. The minimum Gasteiger partial charge on any atom is -0.322 e. The molecule has 3 aliphatic heterocycles. The van der Waals surface area contributed by atoms with Crippen molar-refractivity contribution >= 4 is 17.7 Å². The van der Waals surface area contributed by atoms with Gasteiger partial charge in [0.15, 0.2) is 0 Å². The van der Waals surface area contributed by atoms with Crippen molar-refractivity contribution in [1.29, 1.82) is 0 Å². The van der Waals surface area contributed by atoms with Gasteiger partial charge < -0.3 is 10.2 Å². The largest absolute Gasteiger partial charge is 0.322 e. The molecule has 0 radical (unpaired) electrons. The zero-order valence-corrected chi connectivity index (χ0v) is 15.0. The van der Waals surface area contributed by atoms with E-state index in [2.05, 4.69) is 28.5 Å². The molecule has 2 fully saturated rings. The van der Waals surface area contributed by atoms with Crippen LogP contribution in [0.25, 0.3) is 0 Å². The van der Waals surface area contributed by atoms with Crippen molar-refractivity contribution < 1.29 is 14.4 Å². The molecule has 2 saturated heterocycles. The Balaban J connectivity index is 1.49. The second-order valence-electron chi connectivity index (χ2n) is 7.27. The summed E-state index contributed by atoms with van der Waals surface area (Å²) in [5, 5.41) is 5.64. The Morgan fingerprint density at radius 1 is 1.23 bits per heavy atom. The predicted molar refractivity (Wildman–Crippen MR) is 95.2 cm³/mol. The molecule has 2 N–H and O–H groups in total. The number of amides is 3. The predicted octanol–water partition coefficient (Wildman–Crippen LogP) is 0.241.